The van der Waals surface area contributed by atoms with Gasteiger partial charge in [0.2, 0.25) is 0 Å². The maximum absolute atomic E-state index is 10.9. The molecule has 5 nitrogen and oxygen atoms in total. The first kappa shape index (κ1) is 18.1. The number of hydrogen-bond donors (Lipinski definition) is 0. The number of rotatable bonds is 4. The maximum Gasteiger partial charge on any atom is 0.270 e. The zero-order valence-electron chi connectivity index (χ0n) is 13.0. The van der Waals surface area contributed by atoms with Crippen LogP contribution in [0.3, 0.4) is 0 Å². The second kappa shape index (κ2) is 7.67. The third-order valence-electron chi connectivity index (χ3n) is 3.45. The number of nitro groups is 1. The van der Waals surface area contributed by atoms with Gasteiger partial charge in [-0.05, 0) is 29.8 Å². The van der Waals surface area contributed by atoms with Gasteiger partial charge in [-0.3, -0.25) is 10.1 Å². The molecule has 0 unspecified atom stereocenters. The minimum Gasteiger partial charge on any atom is -0.258 e. The van der Waals surface area contributed by atoms with E-state index in [1.54, 1.807) is 41.8 Å². The van der Waals surface area contributed by atoms with E-state index in [1.165, 1.54) is 23.5 Å². The quantitative estimate of drug-likeness (QED) is 0.301. The van der Waals surface area contributed by atoms with E-state index in [0.717, 1.165) is 0 Å². The average Bonchev–Trinajstić information content (AvgIpc) is 3.09. The number of halogens is 2. The van der Waals surface area contributed by atoms with Crippen LogP contribution in [0.4, 0.5) is 5.69 Å². The monoisotopic (exact) mass is 401 g/mol. The third kappa shape index (κ3) is 3.92. The fourth-order valence-electron chi connectivity index (χ4n) is 2.25. The van der Waals surface area contributed by atoms with Crippen LogP contribution in [0.5, 0.6) is 0 Å². The van der Waals surface area contributed by atoms with Gasteiger partial charge >= 0.3 is 0 Å². The van der Waals surface area contributed by atoms with Gasteiger partial charge in [0.05, 0.1) is 21.2 Å². The number of non-ortho nitro benzene ring substituents is 1. The topological polar surface area (TPSA) is 79.8 Å². The molecule has 2 aromatic carbocycles. The standard InChI is InChI=1S/C18H9Cl2N3O2S/c19-13-4-5-15(16(20)8-13)17-10-26-18(22-17)12(9-21)6-11-2-1-3-14(7-11)23(24)25/h1-8,10H/b12-6+. The Morgan fingerprint density at radius 3 is 2.77 bits per heavy atom. The van der Waals surface area contributed by atoms with Gasteiger partial charge in [-0.15, -0.1) is 11.3 Å². The summed E-state index contributed by atoms with van der Waals surface area (Å²) in [7, 11) is 0. The van der Waals surface area contributed by atoms with E-state index in [0.29, 0.717) is 37.4 Å². The molecule has 1 aromatic heterocycles. The van der Waals surface area contributed by atoms with Gasteiger partial charge in [-0.1, -0.05) is 35.3 Å². The lowest BCUT2D eigenvalue weighted by atomic mass is 10.1. The van der Waals surface area contributed by atoms with E-state index in [1.807, 2.05) is 0 Å². The summed E-state index contributed by atoms with van der Waals surface area (Å²) in [5.74, 6) is 0. The minimum atomic E-state index is -0.479. The SMILES string of the molecule is N#C/C(=C\c1cccc([N+](=O)[O-])c1)c1nc(-c2ccc(Cl)cc2Cl)cs1. The summed E-state index contributed by atoms with van der Waals surface area (Å²) in [6.45, 7) is 0. The second-order valence-electron chi connectivity index (χ2n) is 5.18. The number of nitro benzene ring substituents is 1. The van der Waals surface area contributed by atoms with Crippen LogP contribution in [0.2, 0.25) is 10.0 Å². The van der Waals surface area contributed by atoms with Crippen molar-refractivity contribution in [3.05, 3.63) is 78.6 Å². The molecule has 0 N–H and O–H groups in total. The van der Waals surface area contributed by atoms with Crippen LogP contribution in [0.25, 0.3) is 22.9 Å². The molecule has 26 heavy (non-hydrogen) atoms. The van der Waals surface area contributed by atoms with Crippen LogP contribution < -0.4 is 0 Å². The molecule has 0 saturated heterocycles. The van der Waals surface area contributed by atoms with E-state index >= 15 is 0 Å². The van der Waals surface area contributed by atoms with E-state index in [2.05, 4.69) is 11.1 Å². The van der Waals surface area contributed by atoms with E-state index < -0.39 is 4.92 Å². The Hall–Kier alpha value is -2.72. The molecule has 0 atom stereocenters. The molecular formula is C18H9Cl2N3O2S. The van der Waals surface area contributed by atoms with Crippen molar-refractivity contribution in [2.45, 2.75) is 0 Å². The first-order chi connectivity index (χ1) is 12.5. The van der Waals surface area contributed by atoms with Crippen molar-refractivity contribution >= 4 is 51.9 Å². The molecule has 0 fully saturated rings. The Labute approximate surface area is 162 Å². The Balaban J connectivity index is 1.97. The van der Waals surface area contributed by atoms with Gasteiger partial charge in [-0.25, -0.2) is 4.98 Å². The number of hydrogen-bond acceptors (Lipinski definition) is 5. The lowest BCUT2D eigenvalue weighted by Crippen LogP contribution is -1.88. The van der Waals surface area contributed by atoms with Crippen LogP contribution >= 0.6 is 34.5 Å². The average molecular weight is 402 g/mol. The van der Waals surface area contributed by atoms with Crippen LogP contribution in [0.1, 0.15) is 10.6 Å². The van der Waals surface area contributed by atoms with Gasteiger partial charge in [0.25, 0.3) is 5.69 Å². The normalized spacial score (nSPS) is 11.2. The summed E-state index contributed by atoms with van der Waals surface area (Å²) < 4.78 is 0. The molecule has 0 bridgehead atoms. The molecule has 3 aromatic rings. The number of thiazole rings is 1. The number of allylic oxidation sites excluding steroid dienone is 1. The maximum atomic E-state index is 10.9. The van der Waals surface area contributed by atoms with Crippen molar-refractivity contribution in [1.29, 1.82) is 5.26 Å². The smallest absolute Gasteiger partial charge is 0.258 e. The van der Waals surface area contributed by atoms with Crippen molar-refractivity contribution in [3.63, 3.8) is 0 Å². The van der Waals surface area contributed by atoms with Crippen molar-refractivity contribution in [2.24, 2.45) is 0 Å². The summed E-state index contributed by atoms with van der Waals surface area (Å²) in [4.78, 5) is 14.9. The van der Waals surface area contributed by atoms with E-state index in [4.69, 9.17) is 23.2 Å². The summed E-state index contributed by atoms with van der Waals surface area (Å²) >= 11 is 13.4. The Bertz CT molecular complexity index is 1070. The molecule has 0 radical (unpaired) electrons. The molecule has 0 aliphatic heterocycles. The molecule has 0 aliphatic rings. The summed E-state index contributed by atoms with van der Waals surface area (Å²) in [6, 6.07) is 13.3. The zero-order valence-corrected chi connectivity index (χ0v) is 15.3. The lowest BCUT2D eigenvalue weighted by molar-refractivity contribution is -0.384. The predicted octanol–water partition coefficient (Wildman–Crippen LogP) is 6.09. The van der Waals surface area contributed by atoms with Gasteiger partial charge in [0, 0.05) is 28.1 Å². The van der Waals surface area contributed by atoms with E-state index in [-0.39, 0.29) is 5.69 Å². The summed E-state index contributed by atoms with van der Waals surface area (Å²) in [5.41, 5.74) is 2.17. The van der Waals surface area contributed by atoms with Gasteiger partial charge in [0.15, 0.2) is 0 Å². The Morgan fingerprint density at radius 1 is 1.27 bits per heavy atom. The molecule has 1 heterocycles. The molecule has 8 heteroatoms. The molecule has 0 aliphatic carbocycles. The van der Waals surface area contributed by atoms with Crippen LogP contribution in [-0.4, -0.2) is 9.91 Å². The van der Waals surface area contributed by atoms with Crippen molar-refractivity contribution in [2.75, 3.05) is 0 Å². The highest BCUT2D eigenvalue weighted by atomic mass is 35.5. The fourth-order valence-corrected chi connectivity index (χ4v) is 3.55. The number of benzene rings is 2. The predicted molar refractivity (Wildman–Crippen MR) is 104 cm³/mol. The largest absolute Gasteiger partial charge is 0.270 e. The highest BCUT2D eigenvalue weighted by Gasteiger charge is 2.12. The number of nitriles is 1. The van der Waals surface area contributed by atoms with Gasteiger partial charge in [0.1, 0.15) is 11.1 Å². The second-order valence-corrected chi connectivity index (χ2v) is 6.89. The number of nitrogens with zero attached hydrogens (tertiary/aromatic N) is 3. The molecule has 128 valence electrons. The first-order valence-electron chi connectivity index (χ1n) is 7.25. The lowest BCUT2D eigenvalue weighted by Gasteiger charge is -2.01. The molecule has 3 rings (SSSR count). The first-order valence-corrected chi connectivity index (χ1v) is 8.89. The molecule has 0 amide bonds. The zero-order chi connectivity index (χ0) is 18.7. The van der Waals surface area contributed by atoms with Gasteiger partial charge in [-0.2, -0.15) is 5.26 Å². The van der Waals surface area contributed by atoms with Crippen molar-refractivity contribution < 1.29 is 4.92 Å². The highest BCUT2D eigenvalue weighted by molar-refractivity contribution is 7.11. The summed E-state index contributed by atoms with van der Waals surface area (Å²) in [5, 5.41) is 23.6. The van der Waals surface area contributed by atoms with Crippen molar-refractivity contribution in [3.8, 4) is 17.3 Å². The summed E-state index contributed by atoms with van der Waals surface area (Å²) in [6.07, 6.45) is 1.57. The van der Waals surface area contributed by atoms with E-state index in [9.17, 15) is 15.4 Å². The van der Waals surface area contributed by atoms with Gasteiger partial charge < -0.3 is 0 Å². The molecule has 0 saturated carbocycles. The van der Waals surface area contributed by atoms with Crippen LogP contribution in [-0.2, 0) is 0 Å². The van der Waals surface area contributed by atoms with Crippen LogP contribution in [0.15, 0.2) is 47.8 Å². The number of aromatic nitrogens is 1. The van der Waals surface area contributed by atoms with Crippen molar-refractivity contribution in [1.82, 2.24) is 4.98 Å². The molecule has 0 spiro atoms. The van der Waals surface area contributed by atoms with Crippen LogP contribution in [0, 0.1) is 21.4 Å². The Morgan fingerprint density at radius 2 is 2.08 bits per heavy atom. The molecular weight excluding hydrogens is 393 g/mol. The Kier molecular flexibility index (Phi) is 5.33. The highest BCUT2D eigenvalue weighted by Crippen LogP contribution is 2.33. The fraction of sp³-hybridized carbons (Fsp3) is 0. The third-order valence-corrected chi connectivity index (χ3v) is 4.88. The minimum absolute atomic E-state index is 0.0381.